The molecular formula is C10H14BrNO4S. The van der Waals surface area contributed by atoms with Crippen LogP contribution in [0.15, 0.2) is 24.3 Å². The van der Waals surface area contributed by atoms with Gasteiger partial charge in [0.1, 0.15) is 17.0 Å². The molecule has 0 aromatic heterocycles. The molecule has 0 amide bonds. The number of nitrogens with one attached hydrogen (secondary N) is 1. The molecule has 0 radical (unpaired) electrons. The third-order valence-electron chi connectivity index (χ3n) is 1.81. The molecule has 0 heterocycles. The van der Waals surface area contributed by atoms with E-state index in [1.165, 1.54) is 0 Å². The second kappa shape index (κ2) is 6.83. The smallest absolute Gasteiger partial charge is 0.242 e. The molecule has 1 rings (SSSR count). The molecule has 0 aliphatic heterocycles. The highest BCUT2D eigenvalue weighted by atomic mass is 79.9. The molecule has 0 unspecified atom stereocenters. The highest BCUT2D eigenvalue weighted by Gasteiger charge is 2.07. The molecule has 0 aliphatic carbocycles. The fourth-order valence-electron chi connectivity index (χ4n) is 1.10. The van der Waals surface area contributed by atoms with Gasteiger partial charge in [-0.05, 0) is 12.1 Å². The minimum Gasteiger partial charge on any atom is -0.491 e. The third kappa shape index (κ3) is 5.38. The van der Waals surface area contributed by atoms with Crippen molar-refractivity contribution in [3.63, 3.8) is 0 Å². The van der Waals surface area contributed by atoms with E-state index in [1.54, 1.807) is 31.4 Å². The van der Waals surface area contributed by atoms with Crippen molar-refractivity contribution >= 4 is 31.6 Å². The molecule has 1 N–H and O–H groups in total. The molecule has 7 heteroatoms. The Balaban J connectivity index is 2.66. The molecule has 0 atom stereocenters. The van der Waals surface area contributed by atoms with Crippen LogP contribution in [0.4, 0.5) is 5.69 Å². The van der Waals surface area contributed by atoms with E-state index in [1.807, 2.05) is 0 Å². The van der Waals surface area contributed by atoms with Gasteiger partial charge >= 0.3 is 0 Å². The standard InChI is InChI=1S/C10H14BrNO4S/c1-15-5-6-16-10-4-2-3-9(7-10)12-17(13,14)8-11/h2-4,7,12H,5-6,8H2,1H3. The van der Waals surface area contributed by atoms with Crippen molar-refractivity contribution in [3.05, 3.63) is 24.3 Å². The lowest BCUT2D eigenvalue weighted by atomic mass is 10.3. The Labute approximate surface area is 109 Å². The van der Waals surface area contributed by atoms with E-state index in [0.717, 1.165) is 0 Å². The zero-order valence-electron chi connectivity index (χ0n) is 9.35. The molecular weight excluding hydrogens is 310 g/mol. The van der Waals surface area contributed by atoms with Gasteiger partial charge in [0.25, 0.3) is 0 Å². The molecule has 0 saturated heterocycles. The minimum atomic E-state index is -3.33. The second-order valence-corrected chi connectivity index (χ2v) is 6.22. The Kier molecular flexibility index (Phi) is 5.73. The van der Waals surface area contributed by atoms with Crippen molar-refractivity contribution in [2.45, 2.75) is 0 Å². The minimum absolute atomic E-state index is 0.144. The predicted octanol–water partition coefficient (Wildman–Crippen LogP) is 1.81. The topological polar surface area (TPSA) is 64.6 Å². The maximum absolute atomic E-state index is 11.3. The van der Waals surface area contributed by atoms with Crippen LogP contribution in [0.5, 0.6) is 5.75 Å². The maximum Gasteiger partial charge on any atom is 0.242 e. The van der Waals surface area contributed by atoms with Gasteiger partial charge in [-0.25, -0.2) is 8.42 Å². The van der Waals surface area contributed by atoms with Crippen LogP contribution in [0.2, 0.25) is 0 Å². The lowest BCUT2D eigenvalue weighted by Crippen LogP contribution is -2.13. The highest BCUT2D eigenvalue weighted by molar-refractivity contribution is 9.10. The maximum atomic E-state index is 11.3. The number of rotatable bonds is 7. The fourth-order valence-corrected chi connectivity index (χ4v) is 1.98. The van der Waals surface area contributed by atoms with Crippen LogP contribution >= 0.6 is 15.9 Å². The number of sulfonamides is 1. The Morgan fingerprint density at radius 1 is 1.35 bits per heavy atom. The SMILES string of the molecule is COCCOc1cccc(NS(=O)(=O)CBr)c1. The van der Waals surface area contributed by atoms with E-state index in [-0.39, 0.29) is 4.66 Å². The molecule has 0 saturated carbocycles. The van der Waals surface area contributed by atoms with Crippen LogP contribution in [0.25, 0.3) is 0 Å². The molecule has 0 fully saturated rings. The molecule has 17 heavy (non-hydrogen) atoms. The number of ether oxygens (including phenoxy) is 2. The molecule has 0 spiro atoms. The van der Waals surface area contributed by atoms with Crippen molar-refractivity contribution in [2.75, 3.05) is 29.7 Å². The average Bonchev–Trinajstić information content (AvgIpc) is 2.29. The summed E-state index contributed by atoms with van der Waals surface area (Å²) in [7, 11) is -1.74. The summed E-state index contributed by atoms with van der Waals surface area (Å²) in [6, 6.07) is 6.75. The second-order valence-electron chi connectivity index (χ2n) is 3.20. The van der Waals surface area contributed by atoms with Crippen molar-refractivity contribution in [1.82, 2.24) is 0 Å². The number of hydrogen-bond donors (Lipinski definition) is 1. The summed E-state index contributed by atoms with van der Waals surface area (Å²) in [4.78, 5) is 0. The van der Waals surface area contributed by atoms with Crippen LogP contribution < -0.4 is 9.46 Å². The Hall–Kier alpha value is -0.790. The molecule has 5 nitrogen and oxygen atoms in total. The Bertz CT molecular complexity index is 449. The lowest BCUT2D eigenvalue weighted by Gasteiger charge is -2.09. The van der Waals surface area contributed by atoms with Crippen molar-refractivity contribution in [2.24, 2.45) is 0 Å². The van der Waals surface area contributed by atoms with Gasteiger partial charge in [0.05, 0.1) is 12.3 Å². The van der Waals surface area contributed by atoms with Crippen molar-refractivity contribution in [1.29, 1.82) is 0 Å². The number of benzene rings is 1. The summed E-state index contributed by atoms with van der Waals surface area (Å²) in [5.74, 6) is 0.594. The number of anilines is 1. The largest absolute Gasteiger partial charge is 0.491 e. The van der Waals surface area contributed by atoms with E-state index >= 15 is 0 Å². The van der Waals surface area contributed by atoms with Crippen molar-refractivity contribution in [3.8, 4) is 5.75 Å². The summed E-state index contributed by atoms with van der Waals surface area (Å²) >= 11 is 2.90. The fraction of sp³-hybridized carbons (Fsp3) is 0.400. The van der Waals surface area contributed by atoms with Gasteiger partial charge in [-0.1, -0.05) is 22.0 Å². The number of alkyl halides is 1. The summed E-state index contributed by atoms with van der Waals surface area (Å²) < 4.78 is 35.1. The first-order valence-electron chi connectivity index (χ1n) is 4.85. The first-order chi connectivity index (χ1) is 8.07. The lowest BCUT2D eigenvalue weighted by molar-refractivity contribution is 0.146. The van der Waals surface area contributed by atoms with Gasteiger partial charge in [0.2, 0.25) is 10.0 Å². The zero-order valence-corrected chi connectivity index (χ0v) is 11.8. The monoisotopic (exact) mass is 323 g/mol. The van der Waals surface area contributed by atoms with Gasteiger partial charge in [-0.3, -0.25) is 4.72 Å². The van der Waals surface area contributed by atoms with Crippen LogP contribution in [0.1, 0.15) is 0 Å². The average molecular weight is 324 g/mol. The number of methoxy groups -OCH3 is 1. The van der Waals surface area contributed by atoms with E-state index in [4.69, 9.17) is 9.47 Å². The van der Waals surface area contributed by atoms with Gasteiger partial charge in [0, 0.05) is 13.2 Å². The Morgan fingerprint density at radius 3 is 2.76 bits per heavy atom. The van der Waals surface area contributed by atoms with Crippen LogP contribution in [0, 0.1) is 0 Å². The predicted molar refractivity (Wildman–Crippen MR) is 70.1 cm³/mol. The summed E-state index contributed by atoms with van der Waals surface area (Å²) in [5.41, 5.74) is 0.472. The van der Waals surface area contributed by atoms with E-state index in [9.17, 15) is 8.42 Å². The molecule has 1 aromatic rings. The summed E-state index contributed by atoms with van der Waals surface area (Å²) in [6.07, 6.45) is 0. The van der Waals surface area contributed by atoms with Crippen LogP contribution in [-0.4, -0.2) is 33.4 Å². The summed E-state index contributed by atoms with van der Waals surface area (Å²) in [6.45, 7) is 0.905. The Morgan fingerprint density at radius 2 is 2.12 bits per heavy atom. The van der Waals surface area contributed by atoms with Crippen LogP contribution in [-0.2, 0) is 14.8 Å². The number of hydrogen-bond acceptors (Lipinski definition) is 4. The number of halogens is 1. The van der Waals surface area contributed by atoms with Crippen LogP contribution in [0.3, 0.4) is 0 Å². The van der Waals surface area contributed by atoms with Gasteiger partial charge in [-0.15, -0.1) is 0 Å². The normalized spacial score (nSPS) is 11.2. The highest BCUT2D eigenvalue weighted by Crippen LogP contribution is 2.18. The zero-order chi connectivity index (χ0) is 12.7. The third-order valence-corrected chi connectivity index (χ3v) is 4.45. The quantitative estimate of drug-likeness (QED) is 0.614. The van der Waals surface area contributed by atoms with E-state index in [2.05, 4.69) is 20.7 Å². The molecule has 0 aliphatic rings. The first-order valence-corrected chi connectivity index (χ1v) is 7.63. The van der Waals surface area contributed by atoms with Gasteiger partial charge in [-0.2, -0.15) is 0 Å². The van der Waals surface area contributed by atoms with Gasteiger partial charge in [0.15, 0.2) is 0 Å². The molecule has 0 bridgehead atoms. The first kappa shape index (κ1) is 14.3. The molecule has 96 valence electrons. The van der Waals surface area contributed by atoms with E-state index < -0.39 is 10.0 Å². The van der Waals surface area contributed by atoms with Gasteiger partial charge < -0.3 is 9.47 Å². The summed E-state index contributed by atoms with van der Waals surface area (Å²) in [5, 5.41) is 0. The molecule has 1 aromatic carbocycles. The van der Waals surface area contributed by atoms with E-state index in [0.29, 0.717) is 24.7 Å². The van der Waals surface area contributed by atoms with Crippen molar-refractivity contribution < 1.29 is 17.9 Å².